The Hall–Kier alpha value is -4.78. The van der Waals surface area contributed by atoms with Gasteiger partial charge in [-0.05, 0) is 99.0 Å². The molecule has 266 valence electrons. The van der Waals surface area contributed by atoms with Gasteiger partial charge in [-0.25, -0.2) is 9.97 Å². The van der Waals surface area contributed by atoms with Crippen molar-refractivity contribution in [2.75, 3.05) is 48.0 Å². The molecule has 0 unspecified atom stereocenters. The molecule has 7 heterocycles. The topological polar surface area (TPSA) is 118 Å². The first-order chi connectivity index (χ1) is 25.2. The van der Waals surface area contributed by atoms with E-state index in [9.17, 15) is 14.4 Å². The van der Waals surface area contributed by atoms with Crippen molar-refractivity contribution in [1.29, 1.82) is 0 Å². The zero-order valence-corrected chi connectivity index (χ0v) is 30.9. The van der Waals surface area contributed by atoms with Crippen molar-refractivity contribution in [2.24, 2.45) is 5.41 Å². The van der Waals surface area contributed by atoms with Crippen LogP contribution in [-0.2, 0) is 17.6 Å². The lowest BCUT2D eigenvalue weighted by Crippen LogP contribution is -2.59. The van der Waals surface area contributed by atoms with E-state index < -0.39 is 0 Å². The maximum absolute atomic E-state index is 14.0. The third kappa shape index (κ3) is 6.90. The fourth-order valence-corrected chi connectivity index (χ4v) is 9.23. The summed E-state index contributed by atoms with van der Waals surface area (Å²) in [7, 11) is 0. The molecular weight excluding hydrogens is 693 g/mol. The molecule has 8 rings (SSSR count). The van der Waals surface area contributed by atoms with Gasteiger partial charge in [-0.3, -0.25) is 24.7 Å². The number of ether oxygens (including phenoxy) is 1. The van der Waals surface area contributed by atoms with E-state index in [2.05, 4.69) is 20.2 Å². The van der Waals surface area contributed by atoms with Crippen molar-refractivity contribution in [1.82, 2.24) is 15.0 Å². The molecule has 3 aliphatic rings. The van der Waals surface area contributed by atoms with E-state index >= 15 is 0 Å². The molecule has 0 saturated carbocycles. The van der Waals surface area contributed by atoms with Crippen LogP contribution in [0.25, 0.3) is 10.6 Å². The van der Waals surface area contributed by atoms with Crippen LogP contribution in [-0.4, -0.2) is 65.4 Å². The summed E-state index contributed by atoms with van der Waals surface area (Å²) in [6.45, 7) is 7.88. The highest BCUT2D eigenvalue weighted by Gasteiger charge is 2.45. The minimum atomic E-state index is -0.200. The number of Topliss-reactive ketones (excluding diaryl/α,β-unsaturated/α-hetero) is 1. The Bertz CT molecular complexity index is 2140. The maximum atomic E-state index is 14.0. The Morgan fingerprint density at radius 1 is 0.962 bits per heavy atom. The Morgan fingerprint density at radius 2 is 1.77 bits per heavy atom. The number of amides is 2. The van der Waals surface area contributed by atoms with Gasteiger partial charge in [0.15, 0.2) is 10.9 Å². The standard InChI is InChI=1S/C40H40N6O4S2/c1-25-19-30(36(42-21-25)45-23-40(24-45)13-17-50-18-14-40)32(47)7-3-5-27-8-10-28(11-9-27)38(49)46-16-12-29-20-33(37(48)44-39-43-22-26(2)51-39)52-35(29)34-31(46)6-4-15-41-34/h4,6,8-11,15,19-22H,3,5,7,12-14,16-18,23-24H2,1-2H3,(H,43,44,48). The summed E-state index contributed by atoms with van der Waals surface area (Å²) in [5, 5.41) is 3.47. The average Bonchev–Trinajstić information content (AvgIpc) is 3.73. The number of aryl methyl sites for hydroxylation is 3. The summed E-state index contributed by atoms with van der Waals surface area (Å²) in [6.07, 6.45) is 9.91. The smallest absolute Gasteiger partial charge is 0.267 e. The number of pyridine rings is 2. The van der Waals surface area contributed by atoms with Gasteiger partial charge in [-0.2, -0.15) is 0 Å². The number of anilines is 3. The number of carbonyl (C=O) groups excluding carboxylic acids is 3. The van der Waals surface area contributed by atoms with Crippen molar-refractivity contribution < 1.29 is 19.1 Å². The van der Waals surface area contributed by atoms with Crippen LogP contribution in [0, 0.1) is 19.3 Å². The largest absolute Gasteiger partial charge is 0.381 e. The number of thiophene rings is 1. The number of ketones is 1. The van der Waals surface area contributed by atoms with Gasteiger partial charge in [0.25, 0.3) is 11.8 Å². The quantitative estimate of drug-likeness (QED) is 0.155. The van der Waals surface area contributed by atoms with E-state index in [1.165, 1.54) is 22.7 Å². The molecule has 4 aromatic heterocycles. The van der Waals surface area contributed by atoms with Crippen LogP contribution >= 0.6 is 22.7 Å². The predicted molar refractivity (Wildman–Crippen MR) is 205 cm³/mol. The van der Waals surface area contributed by atoms with Crippen LogP contribution < -0.4 is 15.1 Å². The van der Waals surface area contributed by atoms with E-state index in [4.69, 9.17) is 9.72 Å². The number of thiazole rings is 1. The molecule has 5 aromatic rings. The van der Waals surface area contributed by atoms with E-state index in [0.29, 0.717) is 52.5 Å². The zero-order valence-electron chi connectivity index (χ0n) is 29.3. The lowest BCUT2D eigenvalue weighted by atomic mass is 9.73. The summed E-state index contributed by atoms with van der Waals surface area (Å²) in [4.78, 5) is 60.7. The second-order valence-electron chi connectivity index (χ2n) is 14.1. The maximum Gasteiger partial charge on any atom is 0.267 e. The van der Waals surface area contributed by atoms with Gasteiger partial charge < -0.3 is 14.5 Å². The van der Waals surface area contributed by atoms with Crippen molar-refractivity contribution in [3.8, 4) is 10.6 Å². The van der Waals surface area contributed by atoms with Crippen LogP contribution in [0.3, 0.4) is 0 Å². The van der Waals surface area contributed by atoms with E-state index in [1.807, 2.05) is 68.6 Å². The summed E-state index contributed by atoms with van der Waals surface area (Å²) in [5.41, 5.74) is 6.09. The first-order valence-corrected chi connectivity index (χ1v) is 19.4. The number of hydrogen-bond acceptors (Lipinski definition) is 10. The van der Waals surface area contributed by atoms with Gasteiger partial charge in [0.2, 0.25) is 0 Å². The molecule has 0 aliphatic carbocycles. The van der Waals surface area contributed by atoms with Gasteiger partial charge in [0.1, 0.15) is 11.5 Å². The molecule has 0 atom stereocenters. The van der Waals surface area contributed by atoms with Gasteiger partial charge in [0.05, 0.1) is 21.0 Å². The summed E-state index contributed by atoms with van der Waals surface area (Å²) < 4.78 is 5.57. The molecule has 2 fully saturated rings. The average molecular weight is 733 g/mol. The van der Waals surface area contributed by atoms with E-state index in [0.717, 1.165) is 89.1 Å². The molecule has 52 heavy (non-hydrogen) atoms. The first-order valence-electron chi connectivity index (χ1n) is 17.8. The van der Waals surface area contributed by atoms with Crippen LogP contribution in [0.2, 0.25) is 0 Å². The van der Waals surface area contributed by atoms with Gasteiger partial charge in [-0.15, -0.1) is 22.7 Å². The molecular formula is C40H40N6O4S2. The molecule has 1 aromatic carbocycles. The van der Waals surface area contributed by atoms with Crippen molar-refractivity contribution >= 4 is 56.9 Å². The number of hydrogen-bond donors (Lipinski definition) is 1. The summed E-state index contributed by atoms with van der Waals surface area (Å²) in [5.74, 6) is 0.629. The van der Waals surface area contributed by atoms with Crippen LogP contribution in [0.15, 0.2) is 67.1 Å². The van der Waals surface area contributed by atoms with E-state index in [1.54, 1.807) is 17.3 Å². The zero-order chi connectivity index (χ0) is 35.8. The highest BCUT2D eigenvalue weighted by molar-refractivity contribution is 7.18. The highest BCUT2D eigenvalue weighted by Crippen LogP contribution is 2.43. The molecule has 10 nitrogen and oxygen atoms in total. The Labute approximate surface area is 310 Å². The number of nitrogens with one attached hydrogen (secondary N) is 1. The minimum Gasteiger partial charge on any atom is -0.381 e. The number of rotatable bonds is 9. The Morgan fingerprint density at radius 3 is 2.54 bits per heavy atom. The third-order valence-electron chi connectivity index (χ3n) is 10.3. The van der Waals surface area contributed by atoms with Crippen LogP contribution in [0.4, 0.5) is 16.6 Å². The van der Waals surface area contributed by atoms with E-state index in [-0.39, 0.29) is 17.6 Å². The van der Waals surface area contributed by atoms with Crippen LogP contribution in [0.5, 0.6) is 0 Å². The van der Waals surface area contributed by atoms with Gasteiger partial charge in [0, 0.05) is 73.7 Å². The molecule has 0 bridgehead atoms. The second-order valence-corrected chi connectivity index (χ2v) is 16.4. The second kappa shape index (κ2) is 14.3. The molecule has 1 spiro atoms. The predicted octanol–water partition coefficient (Wildman–Crippen LogP) is 7.56. The Kier molecular flexibility index (Phi) is 9.45. The highest BCUT2D eigenvalue weighted by atomic mass is 32.1. The number of aromatic nitrogens is 3. The fraction of sp³-hybridized carbons (Fsp3) is 0.350. The number of fused-ring (bicyclic) bond motifs is 3. The lowest BCUT2D eigenvalue weighted by molar-refractivity contribution is -0.000516. The number of nitrogens with zero attached hydrogens (tertiary/aromatic N) is 5. The number of carbonyl (C=O) groups is 3. The molecule has 12 heteroatoms. The summed E-state index contributed by atoms with van der Waals surface area (Å²) >= 11 is 2.82. The molecule has 2 amide bonds. The minimum absolute atomic E-state index is 0.101. The Balaban J connectivity index is 0.904. The van der Waals surface area contributed by atoms with Crippen molar-refractivity contribution in [3.63, 3.8) is 0 Å². The fourth-order valence-electron chi connectivity index (χ4n) is 7.46. The van der Waals surface area contributed by atoms with Crippen LogP contribution in [0.1, 0.15) is 77.6 Å². The number of benzene rings is 1. The third-order valence-corrected chi connectivity index (χ3v) is 12.3. The normalized spacial score (nSPS) is 16.1. The molecule has 3 aliphatic heterocycles. The molecule has 0 radical (unpaired) electrons. The lowest BCUT2D eigenvalue weighted by Gasteiger charge is -2.53. The SMILES string of the molecule is Cc1cnc(N2CC3(CCOCC3)C2)c(C(=O)CCCc2ccc(C(=O)N3CCc4cc(C(=O)Nc5ncc(C)s5)sc4-c4ncccc43)cc2)c1. The summed E-state index contributed by atoms with van der Waals surface area (Å²) in [6, 6.07) is 15.4. The monoisotopic (exact) mass is 732 g/mol. The van der Waals surface area contributed by atoms with Crippen molar-refractivity contribution in [3.05, 3.63) is 105 Å². The first kappa shape index (κ1) is 34.3. The molecule has 2 saturated heterocycles. The molecule has 1 N–H and O–H groups in total. The van der Waals surface area contributed by atoms with Gasteiger partial charge >= 0.3 is 0 Å². The van der Waals surface area contributed by atoms with Crippen molar-refractivity contribution in [2.45, 2.75) is 52.4 Å². The van der Waals surface area contributed by atoms with Gasteiger partial charge in [-0.1, -0.05) is 12.1 Å².